The number of halogens is 2. The summed E-state index contributed by atoms with van der Waals surface area (Å²) in [6, 6.07) is 5.05. The van der Waals surface area contributed by atoms with E-state index in [2.05, 4.69) is 10.5 Å². The van der Waals surface area contributed by atoms with Crippen LogP contribution in [-0.4, -0.2) is 54.5 Å². The maximum atomic E-state index is 12.4. The van der Waals surface area contributed by atoms with Crippen LogP contribution in [0.15, 0.2) is 23.4 Å². The summed E-state index contributed by atoms with van der Waals surface area (Å²) >= 11 is 12.0. The Balaban J connectivity index is 1.86. The lowest BCUT2D eigenvalue weighted by Crippen LogP contribution is -2.40. The van der Waals surface area contributed by atoms with E-state index in [1.165, 1.54) is 7.11 Å². The van der Waals surface area contributed by atoms with Crippen LogP contribution >= 0.6 is 23.2 Å². The first kappa shape index (κ1) is 23.3. The molecule has 0 radical (unpaired) electrons. The number of hydrogen-bond acceptors (Lipinski definition) is 5. The Bertz CT molecular complexity index is 777. The maximum absolute atomic E-state index is 12.4. The normalized spacial score (nSPS) is 17.2. The van der Waals surface area contributed by atoms with E-state index < -0.39 is 5.60 Å². The van der Waals surface area contributed by atoms with E-state index in [0.717, 1.165) is 5.56 Å². The number of hydrogen-bond donors (Lipinski definition) is 1. The third kappa shape index (κ3) is 7.40. The highest BCUT2D eigenvalue weighted by Crippen LogP contribution is 2.24. The highest BCUT2D eigenvalue weighted by atomic mass is 35.5. The molecule has 1 aromatic carbocycles. The minimum Gasteiger partial charge on any atom is -0.444 e. The molecule has 9 heteroatoms. The zero-order valence-corrected chi connectivity index (χ0v) is 18.6. The molecule has 0 spiro atoms. The molecular weight excluding hydrogens is 417 g/mol. The molecule has 7 nitrogen and oxygen atoms in total. The number of nitrogens with zero attached hydrogens (tertiary/aromatic N) is 2. The average molecular weight is 444 g/mol. The monoisotopic (exact) mass is 443 g/mol. The second-order valence-corrected chi connectivity index (χ2v) is 8.64. The molecule has 1 aliphatic rings. The van der Waals surface area contributed by atoms with Crippen LogP contribution in [0, 0.1) is 0 Å². The quantitative estimate of drug-likeness (QED) is 0.526. The van der Waals surface area contributed by atoms with Crippen molar-refractivity contribution in [2.24, 2.45) is 5.16 Å². The highest BCUT2D eigenvalue weighted by Gasteiger charge is 2.30. The number of nitrogens with one attached hydrogen (secondary N) is 1. The van der Waals surface area contributed by atoms with Crippen molar-refractivity contribution in [3.8, 4) is 0 Å². The van der Waals surface area contributed by atoms with Gasteiger partial charge in [-0.2, -0.15) is 0 Å². The molecule has 1 heterocycles. The van der Waals surface area contributed by atoms with Gasteiger partial charge in [0, 0.05) is 37.5 Å². The molecule has 29 heavy (non-hydrogen) atoms. The molecule has 1 unspecified atom stereocenters. The molecule has 0 aliphatic carbocycles. The molecule has 0 saturated carbocycles. The molecule has 0 bridgehead atoms. The molecule has 0 aromatic heterocycles. The van der Waals surface area contributed by atoms with Gasteiger partial charge in [0.05, 0.1) is 15.8 Å². The van der Waals surface area contributed by atoms with Crippen molar-refractivity contribution in [3.63, 3.8) is 0 Å². The number of carbonyl (C=O) groups is 2. The third-order valence-corrected chi connectivity index (χ3v) is 4.99. The number of amides is 2. The number of rotatable bonds is 6. The Morgan fingerprint density at radius 3 is 2.59 bits per heavy atom. The lowest BCUT2D eigenvalue weighted by Gasteiger charge is -2.24. The number of likely N-dealkylation sites (tertiary alicyclic amines) is 1. The maximum Gasteiger partial charge on any atom is 0.410 e. The summed E-state index contributed by atoms with van der Waals surface area (Å²) in [6.45, 7) is 6.47. The number of carbonyl (C=O) groups excluding carboxylic acids is 2. The summed E-state index contributed by atoms with van der Waals surface area (Å²) in [7, 11) is 1.45. The lowest BCUT2D eigenvalue weighted by molar-refractivity contribution is -0.121. The molecule has 160 valence electrons. The molecule has 1 aromatic rings. The van der Waals surface area contributed by atoms with Crippen LogP contribution in [0.3, 0.4) is 0 Å². The van der Waals surface area contributed by atoms with Gasteiger partial charge in [0.15, 0.2) is 0 Å². The van der Waals surface area contributed by atoms with E-state index in [4.69, 9.17) is 32.8 Å². The Kier molecular flexibility index (Phi) is 8.16. The molecule has 1 aliphatic heterocycles. The second kappa shape index (κ2) is 10.2. The smallest absolute Gasteiger partial charge is 0.410 e. The Morgan fingerprint density at radius 1 is 1.24 bits per heavy atom. The summed E-state index contributed by atoms with van der Waals surface area (Å²) < 4.78 is 5.37. The summed E-state index contributed by atoms with van der Waals surface area (Å²) in [6.07, 6.45) is 0.936. The van der Waals surface area contributed by atoms with Gasteiger partial charge in [0.1, 0.15) is 12.7 Å². The second-order valence-electron chi connectivity index (χ2n) is 7.83. The van der Waals surface area contributed by atoms with E-state index in [0.29, 0.717) is 41.7 Å². The van der Waals surface area contributed by atoms with Gasteiger partial charge in [-0.3, -0.25) is 4.79 Å². The van der Waals surface area contributed by atoms with Crippen molar-refractivity contribution < 1.29 is 19.2 Å². The van der Waals surface area contributed by atoms with E-state index >= 15 is 0 Å². The molecule has 2 amide bonds. The number of ether oxygens (including phenoxy) is 1. The van der Waals surface area contributed by atoms with Crippen LogP contribution in [0.5, 0.6) is 0 Å². The fraction of sp³-hybridized carbons (Fsp3) is 0.550. The van der Waals surface area contributed by atoms with Gasteiger partial charge >= 0.3 is 6.09 Å². The lowest BCUT2D eigenvalue weighted by atomic mass is 10.1. The van der Waals surface area contributed by atoms with E-state index in [-0.39, 0.29) is 24.5 Å². The first-order valence-electron chi connectivity index (χ1n) is 9.42. The molecule has 1 N–H and O–H groups in total. The van der Waals surface area contributed by atoms with Crippen molar-refractivity contribution in [2.75, 3.05) is 20.2 Å². The SMILES string of the molecule is CO/N=C(/CCC(=O)NC1CCN(C(=O)OC(C)(C)C)C1)c1ccc(Cl)c(Cl)c1. The number of oxime groups is 1. The standard InChI is InChI=1S/C20H27Cl2N3O4/c1-20(2,3)29-19(27)25-10-9-14(12-25)23-18(26)8-7-17(24-28-4)13-5-6-15(21)16(22)11-13/h5-6,11,14H,7-10,12H2,1-4H3,(H,23,26)/b24-17-. The first-order valence-corrected chi connectivity index (χ1v) is 10.2. The largest absolute Gasteiger partial charge is 0.444 e. The van der Waals surface area contributed by atoms with Crippen LogP contribution in [-0.2, 0) is 14.4 Å². The van der Waals surface area contributed by atoms with E-state index in [9.17, 15) is 9.59 Å². The Morgan fingerprint density at radius 2 is 1.97 bits per heavy atom. The highest BCUT2D eigenvalue weighted by molar-refractivity contribution is 6.42. The average Bonchev–Trinajstić information content (AvgIpc) is 3.08. The minimum absolute atomic E-state index is 0.0946. The van der Waals surface area contributed by atoms with Gasteiger partial charge in [0.2, 0.25) is 5.91 Å². The summed E-state index contributed by atoms with van der Waals surface area (Å²) in [5, 5.41) is 7.82. The van der Waals surface area contributed by atoms with Crippen molar-refractivity contribution >= 4 is 40.9 Å². The predicted octanol–water partition coefficient (Wildman–Crippen LogP) is 4.25. The van der Waals surface area contributed by atoms with Crippen molar-refractivity contribution in [3.05, 3.63) is 33.8 Å². The van der Waals surface area contributed by atoms with Crippen LogP contribution in [0.1, 0.15) is 45.6 Å². The topological polar surface area (TPSA) is 80.2 Å². The zero-order valence-electron chi connectivity index (χ0n) is 17.1. The third-order valence-electron chi connectivity index (χ3n) is 4.25. The fourth-order valence-corrected chi connectivity index (χ4v) is 3.23. The first-order chi connectivity index (χ1) is 13.6. The van der Waals surface area contributed by atoms with E-state index in [1.54, 1.807) is 23.1 Å². The summed E-state index contributed by atoms with van der Waals surface area (Å²) in [5.74, 6) is -0.120. The molecule has 1 atom stereocenters. The number of benzene rings is 1. The van der Waals surface area contributed by atoms with Crippen molar-refractivity contribution in [1.29, 1.82) is 0 Å². The predicted molar refractivity (Wildman–Crippen MR) is 114 cm³/mol. The van der Waals surface area contributed by atoms with Gasteiger partial charge in [-0.05, 0) is 39.3 Å². The van der Waals surface area contributed by atoms with Crippen molar-refractivity contribution in [2.45, 2.75) is 51.7 Å². The van der Waals surface area contributed by atoms with Gasteiger partial charge in [0.25, 0.3) is 0 Å². The fourth-order valence-electron chi connectivity index (χ4n) is 2.93. The Labute approximate surface area is 181 Å². The van der Waals surface area contributed by atoms with Crippen LogP contribution in [0.4, 0.5) is 4.79 Å². The minimum atomic E-state index is -0.542. The van der Waals surface area contributed by atoms with Gasteiger partial charge < -0.3 is 19.8 Å². The van der Waals surface area contributed by atoms with Gasteiger partial charge in [-0.25, -0.2) is 4.79 Å². The molecule has 1 saturated heterocycles. The van der Waals surface area contributed by atoms with E-state index in [1.807, 2.05) is 20.8 Å². The Hall–Kier alpha value is -1.99. The summed E-state index contributed by atoms with van der Waals surface area (Å²) in [4.78, 5) is 31.0. The molecule has 1 fully saturated rings. The van der Waals surface area contributed by atoms with Crippen LogP contribution < -0.4 is 5.32 Å². The molecule has 2 rings (SSSR count). The molecular formula is C20H27Cl2N3O4. The van der Waals surface area contributed by atoms with Crippen LogP contribution in [0.2, 0.25) is 10.0 Å². The van der Waals surface area contributed by atoms with Gasteiger partial charge in [-0.15, -0.1) is 0 Å². The van der Waals surface area contributed by atoms with Crippen molar-refractivity contribution in [1.82, 2.24) is 10.2 Å². The zero-order chi connectivity index (χ0) is 21.6. The van der Waals surface area contributed by atoms with Crippen LogP contribution in [0.25, 0.3) is 0 Å². The van der Waals surface area contributed by atoms with Gasteiger partial charge in [-0.1, -0.05) is 34.4 Å². The summed E-state index contributed by atoms with van der Waals surface area (Å²) in [5.41, 5.74) is 0.800.